The van der Waals surface area contributed by atoms with E-state index in [0.717, 1.165) is 23.8 Å². The normalized spacial score (nSPS) is 33.0. The van der Waals surface area contributed by atoms with Crippen LogP contribution in [0.3, 0.4) is 0 Å². The van der Waals surface area contributed by atoms with Crippen molar-refractivity contribution in [1.82, 2.24) is 5.32 Å². The van der Waals surface area contributed by atoms with Crippen molar-refractivity contribution in [3.63, 3.8) is 0 Å². The second kappa shape index (κ2) is 4.65. The molecule has 3 atom stereocenters. The van der Waals surface area contributed by atoms with Crippen molar-refractivity contribution in [3.8, 4) is 0 Å². The van der Waals surface area contributed by atoms with Gasteiger partial charge in [-0.3, -0.25) is 0 Å². The summed E-state index contributed by atoms with van der Waals surface area (Å²) in [6, 6.07) is 0.852. The lowest BCUT2D eigenvalue weighted by Gasteiger charge is -2.18. The first-order valence-electron chi connectivity index (χ1n) is 6.54. The minimum atomic E-state index is 0.852. The van der Waals surface area contributed by atoms with E-state index in [9.17, 15) is 0 Å². The Balaban J connectivity index is 1.67. The third kappa shape index (κ3) is 2.98. The summed E-state index contributed by atoms with van der Waals surface area (Å²) in [7, 11) is 0. The molecule has 2 aliphatic carbocycles. The van der Waals surface area contributed by atoms with Gasteiger partial charge in [0.25, 0.3) is 0 Å². The van der Waals surface area contributed by atoms with E-state index in [1.807, 2.05) is 0 Å². The molecule has 0 aromatic carbocycles. The molecule has 14 heavy (non-hydrogen) atoms. The number of rotatable bonds is 7. The van der Waals surface area contributed by atoms with Gasteiger partial charge >= 0.3 is 0 Å². The molecule has 2 rings (SSSR count). The molecule has 0 aromatic heterocycles. The molecule has 82 valence electrons. The average Bonchev–Trinajstić information content (AvgIpc) is 3.04. The Hall–Kier alpha value is -0.0400. The van der Waals surface area contributed by atoms with Crippen LogP contribution in [0.25, 0.3) is 0 Å². The van der Waals surface area contributed by atoms with E-state index in [0.29, 0.717) is 0 Å². The fourth-order valence-corrected chi connectivity index (χ4v) is 2.53. The molecule has 0 aliphatic heterocycles. The van der Waals surface area contributed by atoms with Crippen molar-refractivity contribution in [3.05, 3.63) is 0 Å². The van der Waals surface area contributed by atoms with Crippen molar-refractivity contribution in [2.45, 2.75) is 58.4 Å². The van der Waals surface area contributed by atoms with E-state index in [-0.39, 0.29) is 0 Å². The molecule has 1 nitrogen and oxygen atoms in total. The smallest absolute Gasteiger partial charge is 0.00980 e. The Bertz CT molecular complexity index is 174. The van der Waals surface area contributed by atoms with Crippen molar-refractivity contribution >= 4 is 0 Å². The number of nitrogens with one attached hydrogen (secondary N) is 1. The summed E-state index contributed by atoms with van der Waals surface area (Å²) in [4.78, 5) is 0. The number of hydrogen-bond donors (Lipinski definition) is 1. The van der Waals surface area contributed by atoms with Crippen LogP contribution >= 0.6 is 0 Å². The van der Waals surface area contributed by atoms with Crippen LogP contribution in [0.15, 0.2) is 0 Å². The van der Waals surface area contributed by atoms with E-state index in [1.165, 1.54) is 45.1 Å². The van der Waals surface area contributed by atoms with Crippen LogP contribution in [-0.2, 0) is 0 Å². The van der Waals surface area contributed by atoms with Gasteiger partial charge in [-0.15, -0.1) is 0 Å². The third-order valence-corrected chi connectivity index (χ3v) is 3.93. The summed E-state index contributed by atoms with van der Waals surface area (Å²) < 4.78 is 0. The molecule has 2 fully saturated rings. The maximum atomic E-state index is 3.74. The maximum absolute atomic E-state index is 3.74. The summed E-state index contributed by atoms with van der Waals surface area (Å²) in [6.07, 6.45) is 8.72. The average molecular weight is 195 g/mol. The molecule has 0 heterocycles. The highest BCUT2D eigenvalue weighted by atomic mass is 14.9. The molecule has 0 spiro atoms. The molecule has 2 aliphatic rings. The lowest BCUT2D eigenvalue weighted by Crippen LogP contribution is -2.32. The second-order valence-electron chi connectivity index (χ2n) is 5.46. The van der Waals surface area contributed by atoms with Gasteiger partial charge in [0, 0.05) is 6.04 Å². The Morgan fingerprint density at radius 3 is 2.57 bits per heavy atom. The Morgan fingerprint density at radius 2 is 2.07 bits per heavy atom. The third-order valence-electron chi connectivity index (χ3n) is 3.93. The molecular formula is C13H25N. The summed E-state index contributed by atoms with van der Waals surface area (Å²) in [5, 5.41) is 3.74. The van der Waals surface area contributed by atoms with Gasteiger partial charge in [0.05, 0.1) is 0 Å². The van der Waals surface area contributed by atoms with Gasteiger partial charge in [-0.25, -0.2) is 0 Å². The topological polar surface area (TPSA) is 12.0 Å². The van der Waals surface area contributed by atoms with Crippen LogP contribution in [-0.4, -0.2) is 12.6 Å². The summed E-state index contributed by atoms with van der Waals surface area (Å²) in [6.45, 7) is 5.89. The van der Waals surface area contributed by atoms with Gasteiger partial charge in [0.15, 0.2) is 0 Å². The van der Waals surface area contributed by atoms with Gasteiger partial charge in [-0.2, -0.15) is 0 Å². The lowest BCUT2D eigenvalue weighted by molar-refractivity contribution is 0.402. The van der Waals surface area contributed by atoms with Crippen LogP contribution in [0.2, 0.25) is 0 Å². The summed E-state index contributed by atoms with van der Waals surface area (Å²) in [5.41, 5.74) is 0. The maximum Gasteiger partial charge on any atom is 0.00980 e. The first-order valence-corrected chi connectivity index (χ1v) is 6.54. The van der Waals surface area contributed by atoms with Crippen LogP contribution in [0.1, 0.15) is 52.4 Å². The van der Waals surface area contributed by atoms with E-state index in [1.54, 1.807) is 0 Å². The second-order valence-corrected chi connectivity index (χ2v) is 5.46. The van der Waals surface area contributed by atoms with Crippen LogP contribution in [0.4, 0.5) is 0 Å². The first-order chi connectivity index (χ1) is 6.81. The lowest BCUT2D eigenvalue weighted by atomic mass is 10.0. The SMILES string of the molecule is CCCNC(CCC1CC1)C1CC1C. The van der Waals surface area contributed by atoms with Crippen molar-refractivity contribution < 1.29 is 0 Å². The van der Waals surface area contributed by atoms with Crippen molar-refractivity contribution in [1.29, 1.82) is 0 Å². The van der Waals surface area contributed by atoms with Crippen molar-refractivity contribution in [2.24, 2.45) is 17.8 Å². The summed E-state index contributed by atoms with van der Waals surface area (Å²) in [5.74, 6) is 3.12. The minimum Gasteiger partial charge on any atom is -0.314 e. The van der Waals surface area contributed by atoms with Gasteiger partial charge in [0.2, 0.25) is 0 Å². The molecule has 3 unspecified atom stereocenters. The molecule has 1 heteroatoms. The Morgan fingerprint density at radius 1 is 1.36 bits per heavy atom. The van der Waals surface area contributed by atoms with E-state index in [4.69, 9.17) is 0 Å². The van der Waals surface area contributed by atoms with Crippen LogP contribution in [0, 0.1) is 17.8 Å². The van der Waals surface area contributed by atoms with Crippen LogP contribution in [0.5, 0.6) is 0 Å². The molecule has 0 bridgehead atoms. The highest BCUT2D eigenvalue weighted by molar-refractivity contribution is 4.93. The summed E-state index contributed by atoms with van der Waals surface area (Å²) >= 11 is 0. The highest BCUT2D eigenvalue weighted by Crippen LogP contribution is 2.43. The van der Waals surface area contributed by atoms with Crippen LogP contribution < -0.4 is 5.32 Å². The molecule has 0 amide bonds. The first kappa shape index (κ1) is 10.5. The van der Waals surface area contributed by atoms with Gasteiger partial charge in [-0.1, -0.05) is 26.7 Å². The number of hydrogen-bond acceptors (Lipinski definition) is 1. The van der Waals surface area contributed by atoms with Gasteiger partial charge in [-0.05, 0) is 50.0 Å². The van der Waals surface area contributed by atoms with E-state index >= 15 is 0 Å². The Labute approximate surface area is 88.7 Å². The standard InChI is InChI=1S/C13H25N/c1-3-8-14-13(12-9-10(12)2)7-6-11-4-5-11/h10-14H,3-9H2,1-2H3. The molecule has 0 saturated heterocycles. The molecule has 1 N–H and O–H groups in total. The monoisotopic (exact) mass is 195 g/mol. The van der Waals surface area contributed by atoms with E-state index in [2.05, 4.69) is 19.2 Å². The molecule has 0 radical (unpaired) electrons. The van der Waals surface area contributed by atoms with Crippen molar-refractivity contribution in [2.75, 3.05) is 6.54 Å². The highest BCUT2D eigenvalue weighted by Gasteiger charge is 2.39. The molecular weight excluding hydrogens is 170 g/mol. The van der Waals surface area contributed by atoms with Gasteiger partial charge < -0.3 is 5.32 Å². The van der Waals surface area contributed by atoms with E-state index < -0.39 is 0 Å². The zero-order valence-electron chi connectivity index (χ0n) is 9.76. The fraction of sp³-hybridized carbons (Fsp3) is 1.00. The predicted octanol–water partition coefficient (Wildman–Crippen LogP) is 3.20. The predicted molar refractivity (Wildman–Crippen MR) is 61.3 cm³/mol. The largest absolute Gasteiger partial charge is 0.314 e. The molecule has 2 saturated carbocycles. The zero-order chi connectivity index (χ0) is 9.97. The quantitative estimate of drug-likeness (QED) is 0.658. The Kier molecular flexibility index (Phi) is 3.48. The fourth-order valence-electron chi connectivity index (χ4n) is 2.53. The van der Waals surface area contributed by atoms with Gasteiger partial charge in [0.1, 0.15) is 0 Å². The molecule has 0 aromatic rings. The zero-order valence-corrected chi connectivity index (χ0v) is 9.76. The minimum absolute atomic E-state index is 0.852.